The Labute approximate surface area is 114 Å². The minimum Gasteiger partial charge on any atom is -0.382 e. The van der Waals surface area contributed by atoms with Gasteiger partial charge in [0.15, 0.2) is 0 Å². The normalized spacial score (nSPS) is 11.9. The average Bonchev–Trinajstić information content (AvgIpc) is 2.37. The number of anilines is 1. The molecule has 0 heterocycles. The van der Waals surface area contributed by atoms with Crippen LogP contribution in [0.1, 0.15) is 24.2 Å². The van der Waals surface area contributed by atoms with Crippen molar-refractivity contribution in [2.45, 2.75) is 26.1 Å². The Morgan fingerprint density at radius 3 is 2.35 bits per heavy atom. The number of rotatable bonds is 3. The van der Waals surface area contributed by atoms with E-state index in [2.05, 4.69) is 5.32 Å². The molecule has 0 aliphatic heterocycles. The van der Waals surface area contributed by atoms with Gasteiger partial charge in [-0.15, -0.1) is 0 Å². The molecule has 0 spiro atoms. The highest BCUT2D eigenvalue weighted by Gasteiger charge is 2.40. The van der Waals surface area contributed by atoms with Crippen LogP contribution in [0, 0.1) is 0 Å². The third-order valence-corrected chi connectivity index (χ3v) is 2.86. The van der Waals surface area contributed by atoms with Crippen molar-refractivity contribution in [3.63, 3.8) is 0 Å². The fraction of sp³-hybridized carbons (Fsp3) is 0.267. The zero-order valence-corrected chi connectivity index (χ0v) is 11.1. The molecule has 0 radical (unpaired) electrons. The first kappa shape index (κ1) is 14.4. The van der Waals surface area contributed by atoms with Gasteiger partial charge in [0, 0.05) is 11.4 Å². The number of alkyl halides is 3. The molecule has 0 amide bonds. The van der Waals surface area contributed by atoms with Crippen LogP contribution in [-0.2, 0) is 0 Å². The molecule has 0 saturated carbocycles. The van der Waals surface area contributed by atoms with E-state index in [4.69, 9.17) is 0 Å². The predicted molar refractivity (Wildman–Crippen MR) is 73.1 cm³/mol. The number of fused-ring (bicyclic) bond motifs is 1. The molecule has 2 nitrogen and oxygen atoms in total. The molecule has 0 aromatic heterocycles. The van der Waals surface area contributed by atoms with Crippen molar-refractivity contribution in [2.75, 3.05) is 5.32 Å². The minimum atomic E-state index is -4.88. The van der Waals surface area contributed by atoms with Crippen molar-refractivity contribution >= 4 is 22.2 Å². The number of Topliss-reactive ketones (excluding diaryl/α,β-unsaturated/α-hetero) is 1. The maximum atomic E-state index is 12.7. The van der Waals surface area contributed by atoms with Gasteiger partial charge >= 0.3 is 6.18 Å². The molecule has 2 aromatic carbocycles. The van der Waals surface area contributed by atoms with Crippen LogP contribution in [0.2, 0.25) is 0 Å². The molecule has 106 valence electrons. The highest BCUT2D eigenvalue weighted by Crippen LogP contribution is 2.32. The number of benzene rings is 2. The SMILES string of the molecule is CC(C)Nc1c(C(=O)C(F)(F)F)ccc2ccccc12. The van der Waals surface area contributed by atoms with Crippen molar-refractivity contribution in [2.24, 2.45) is 0 Å². The first-order valence-electron chi connectivity index (χ1n) is 6.20. The molecule has 0 atom stereocenters. The summed E-state index contributed by atoms with van der Waals surface area (Å²) in [5.41, 5.74) is -0.106. The van der Waals surface area contributed by atoms with Crippen LogP contribution in [-0.4, -0.2) is 18.0 Å². The number of carbonyl (C=O) groups is 1. The molecule has 20 heavy (non-hydrogen) atoms. The summed E-state index contributed by atoms with van der Waals surface area (Å²) in [6, 6.07) is 9.70. The van der Waals surface area contributed by atoms with Crippen LogP contribution in [0.3, 0.4) is 0 Å². The summed E-state index contributed by atoms with van der Waals surface area (Å²) >= 11 is 0. The summed E-state index contributed by atoms with van der Waals surface area (Å²) in [7, 11) is 0. The van der Waals surface area contributed by atoms with Crippen LogP contribution < -0.4 is 5.32 Å². The fourth-order valence-corrected chi connectivity index (χ4v) is 2.06. The molecule has 0 fully saturated rings. The van der Waals surface area contributed by atoms with E-state index in [1.54, 1.807) is 24.3 Å². The average molecular weight is 281 g/mol. The first-order valence-corrected chi connectivity index (χ1v) is 6.20. The maximum absolute atomic E-state index is 12.7. The van der Waals surface area contributed by atoms with E-state index >= 15 is 0 Å². The second kappa shape index (κ2) is 5.15. The van der Waals surface area contributed by atoms with Gasteiger partial charge in [0.1, 0.15) is 0 Å². The lowest BCUT2D eigenvalue weighted by molar-refractivity contribution is -0.0884. The molecular formula is C15H14F3NO. The van der Waals surface area contributed by atoms with E-state index in [0.717, 1.165) is 5.39 Å². The van der Waals surface area contributed by atoms with Gasteiger partial charge in [0.2, 0.25) is 0 Å². The van der Waals surface area contributed by atoms with Gasteiger partial charge in [-0.2, -0.15) is 13.2 Å². The molecule has 0 saturated heterocycles. The molecule has 2 rings (SSSR count). The number of carbonyl (C=O) groups excluding carboxylic acids is 1. The van der Waals surface area contributed by atoms with Crippen molar-refractivity contribution in [1.82, 2.24) is 0 Å². The van der Waals surface area contributed by atoms with Crippen molar-refractivity contribution in [3.05, 3.63) is 42.0 Å². The van der Waals surface area contributed by atoms with Crippen molar-refractivity contribution < 1.29 is 18.0 Å². The van der Waals surface area contributed by atoms with E-state index < -0.39 is 12.0 Å². The lowest BCUT2D eigenvalue weighted by Gasteiger charge is -2.17. The molecule has 5 heteroatoms. The highest BCUT2D eigenvalue weighted by molar-refractivity contribution is 6.11. The Kier molecular flexibility index (Phi) is 3.70. The zero-order valence-electron chi connectivity index (χ0n) is 11.1. The van der Waals surface area contributed by atoms with Gasteiger partial charge in [-0.1, -0.05) is 30.3 Å². The number of nitrogens with one attached hydrogen (secondary N) is 1. The van der Waals surface area contributed by atoms with Crippen LogP contribution in [0.15, 0.2) is 36.4 Å². The highest BCUT2D eigenvalue weighted by atomic mass is 19.4. The summed E-state index contributed by atoms with van der Waals surface area (Å²) in [5.74, 6) is -1.83. The van der Waals surface area contributed by atoms with Gasteiger partial charge in [-0.25, -0.2) is 0 Å². The smallest absolute Gasteiger partial charge is 0.382 e. The van der Waals surface area contributed by atoms with Crippen LogP contribution in [0.25, 0.3) is 10.8 Å². The summed E-state index contributed by atoms with van der Waals surface area (Å²) in [6.07, 6.45) is -4.88. The molecule has 0 aliphatic carbocycles. The molecule has 0 bridgehead atoms. The van der Waals surface area contributed by atoms with Crippen LogP contribution in [0.5, 0.6) is 0 Å². The van der Waals surface area contributed by atoms with E-state index in [0.29, 0.717) is 5.39 Å². The maximum Gasteiger partial charge on any atom is 0.454 e. The van der Waals surface area contributed by atoms with Crippen LogP contribution >= 0.6 is 0 Å². The van der Waals surface area contributed by atoms with Crippen LogP contribution in [0.4, 0.5) is 18.9 Å². The Morgan fingerprint density at radius 1 is 1.10 bits per heavy atom. The standard InChI is InChI=1S/C15H14F3NO/c1-9(2)19-13-11-6-4-3-5-10(11)7-8-12(13)14(20)15(16,17)18/h3-9,19H,1-2H3. The largest absolute Gasteiger partial charge is 0.454 e. The van der Waals surface area contributed by atoms with Gasteiger partial charge in [-0.05, 0) is 25.3 Å². The number of halogens is 3. The Morgan fingerprint density at radius 2 is 1.75 bits per heavy atom. The van der Waals surface area contributed by atoms with E-state index in [-0.39, 0.29) is 17.3 Å². The molecule has 1 N–H and O–H groups in total. The van der Waals surface area contributed by atoms with Gasteiger partial charge in [0.05, 0.1) is 11.3 Å². The third-order valence-electron chi connectivity index (χ3n) is 2.86. The Hall–Kier alpha value is -2.04. The number of hydrogen-bond donors (Lipinski definition) is 1. The monoisotopic (exact) mass is 281 g/mol. The Balaban J connectivity index is 2.68. The summed E-state index contributed by atoms with van der Waals surface area (Å²) in [5, 5.41) is 4.34. The number of ketones is 1. The van der Waals surface area contributed by atoms with E-state index in [9.17, 15) is 18.0 Å². The number of hydrogen-bond acceptors (Lipinski definition) is 2. The molecular weight excluding hydrogens is 267 g/mol. The zero-order chi connectivity index (χ0) is 14.9. The van der Waals surface area contributed by atoms with Crippen molar-refractivity contribution in [3.8, 4) is 0 Å². The topological polar surface area (TPSA) is 29.1 Å². The first-order chi connectivity index (χ1) is 9.30. The summed E-state index contributed by atoms with van der Waals surface area (Å²) < 4.78 is 38.0. The second-order valence-corrected chi connectivity index (χ2v) is 4.84. The van der Waals surface area contributed by atoms with Crippen molar-refractivity contribution in [1.29, 1.82) is 0 Å². The quantitative estimate of drug-likeness (QED) is 0.844. The van der Waals surface area contributed by atoms with Gasteiger partial charge < -0.3 is 5.32 Å². The summed E-state index contributed by atoms with van der Waals surface area (Å²) in [6.45, 7) is 3.62. The fourth-order valence-electron chi connectivity index (χ4n) is 2.06. The minimum absolute atomic E-state index is 0.0828. The lowest BCUT2D eigenvalue weighted by atomic mass is 10.0. The molecule has 2 aromatic rings. The summed E-state index contributed by atoms with van der Waals surface area (Å²) in [4.78, 5) is 11.5. The Bertz CT molecular complexity index is 647. The second-order valence-electron chi connectivity index (χ2n) is 4.84. The molecule has 0 aliphatic rings. The van der Waals surface area contributed by atoms with Gasteiger partial charge in [0.25, 0.3) is 5.78 Å². The van der Waals surface area contributed by atoms with E-state index in [1.165, 1.54) is 12.1 Å². The van der Waals surface area contributed by atoms with Gasteiger partial charge in [-0.3, -0.25) is 4.79 Å². The predicted octanol–water partition coefficient (Wildman–Crippen LogP) is 4.41. The molecule has 0 unspecified atom stereocenters. The third kappa shape index (κ3) is 2.76. The lowest BCUT2D eigenvalue weighted by Crippen LogP contribution is -2.25. The van der Waals surface area contributed by atoms with E-state index in [1.807, 2.05) is 13.8 Å².